The monoisotopic (exact) mass is 234 g/mol. The van der Waals surface area contributed by atoms with Crippen LogP contribution in [0.3, 0.4) is 0 Å². The molecular formula is C9H14O3S2. The number of rotatable bonds is 4. The molecule has 0 spiro atoms. The maximum atomic E-state index is 10.9. The Hall–Kier alpha value is -0.160. The van der Waals surface area contributed by atoms with Crippen molar-refractivity contribution in [2.45, 2.75) is 30.3 Å². The number of carbonyl (C=O) groups excluding carboxylic acids is 1. The zero-order chi connectivity index (χ0) is 10.7. The molecule has 0 aromatic heterocycles. The van der Waals surface area contributed by atoms with Crippen LogP contribution in [0.1, 0.15) is 19.8 Å². The highest BCUT2D eigenvalue weighted by molar-refractivity contribution is 8.00. The highest BCUT2D eigenvalue weighted by Gasteiger charge is 2.31. The van der Waals surface area contributed by atoms with Gasteiger partial charge in [-0.2, -0.15) is 12.6 Å². The minimum Gasteiger partial charge on any atom is -0.480 e. The summed E-state index contributed by atoms with van der Waals surface area (Å²) >= 11 is 5.64. The molecule has 3 unspecified atom stereocenters. The Kier molecular flexibility index (Phi) is 4.31. The number of Topliss-reactive ketones (excluding diaryl/α,β-unsaturated/α-hetero) is 1. The lowest BCUT2D eigenvalue weighted by atomic mass is 9.98. The molecule has 0 amide bonds. The first-order valence-electron chi connectivity index (χ1n) is 4.53. The first-order chi connectivity index (χ1) is 6.50. The molecule has 0 saturated carbocycles. The number of carbonyl (C=O) groups is 2. The number of aliphatic carboxylic acids is 1. The summed E-state index contributed by atoms with van der Waals surface area (Å²) in [6.07, 6.45) is 1.37. The van der Waals surface area contributed by atoms with Crippen LogP contribution in [-0.2, 0) is 9.59 Å². The van der Waals surface area contributed by atoms with E-state index in [1.807, 2.05) is 0 Å². The van der Waals surface area contributed by atoms with E-state index in [0.717, 1.165) is 5.75 Å². The fraction of sp³-hybridized carbons (Fsp3) is 0.778. The van der Waals surface area contributed by atoms with Crippen molar-refractivity contribution in [3.8, 4) is 0 Å². The fourth-order valence-electron chi connectivity index (χ4n) is 1.51. The van der Waals surface area contributed by atoms with E-state index in [1.54, 1.807) is 0 Å². The van der Waals surface area contributed by atoms with Crippen LogP contribution in [0.5, 0.6) is 0 Å². The van der Waals surface area contributed by atoms with Gasteiger partial charge < -0.3 is 5.11 Å². The quantitative estimate of drug-likeness (QED) is 0.723. The van der Waals surface area contributed by atoms with E-state index in [0.29, 0.717) is 18.8 Å². The van der Waals surface area contributed by atoms with Crippen LogP contribution in [0.15, 0.2) is 0 Å². The van der Waals surface area contributed by atoms with Crippen LogP contribution in [0, 0.1) is 5.92 Å². The molecular weight excluding hydrogens is 220 g/mol. The van der Waals surface area contributed by atoms with Gasteiger partial charge in [0.25, 0.3) is 0 Å². The SMILES string of the molecule is CC(=O)C(S)CC1CSC(C(=O)O)C1. The molecule has 0 bridgehead atoms. The summed E-state index contributed by atoms with van der Waals surface area (Å²) in [6, 6.07) is 0. The van der Waals surface area contributed by atoms with E-state index in [2.05, 4.69) is 12.6 Å². The number of hydrogen-bond donors (Lipinski definition) is 2. The predicted molar refractivity (Wildman–Crippen MR) is 60.1 cm³/mol. The van der Waals surface area contributed by atoms with Gasteiger partial charge in [-0.1, -0.05) is 0 Å². The molecule has 0 radical (unpaired) electrons. The van der Waals surface area contributed by atoms with Gasteiger partial charge in [0.05, 0.1) is 5.25 Å². The molecule has 3 nitrogen and oxygen atoms in total. The Balaban J connectivity index is 2.36. The molecule has 0 aliphatic carbocycles. The maximum absolute atomic E-state index is 10.9. The summed E-state index contributed by atoms with van der Waals surface area (Å²) in [4.78, 5) is 21.6. The van der Waals surface area contributed by atoms with Crippen LogP contribution >= 0.6 is 24.4 Å². The van der Waals surface area contributed by atoms with Gasteiger partial charge in [0.2, 0.25) is 0 Å². The summed E-state index contributed by atoms with van der Waals surface area (Å²) in [5.74, 6) is 0.488. The second-order valence-corrected chi connectivity index (χ2v) is 5.48. The van der Waals surface area contributed by atoms with Crippen molar-refractivity contribution in [3.05, 3.63) is 0 Å². The summed E-state index contributed by atoms with van der Waals surface area (Å²) in [7, 11) is 0. The number of hydrogen-bond acceptors (Lipinski definition) is 4. The van der Waals surface area contributed by atoms with Crippen LogP contribution in [0.25, 0.3) is 0 Å². The Morgan fingerprint density at radius 1 is 1.64 bits per heavy atom. The molecule has 3 atom stereocenters. The van der Waals surface area contributed by atoms with Gasteiger partial charge in [-0.3, -0.25) is 9.59 Å². The van der Waals surface area contributed by atoms with Crippen molar-refractivity contribution in [1.82, 2.24) is 0 Å². The van der Waals surface area contributed by atoms with Crippen LogP contribution in [-0.4, -0.2) is 33.1 Å². The zero-order valence-electron chi connectivity index (χ0n) is 7.97. The first-order valence-corrected chi connectivity index (χ1v) is 6.10. The molecule has 1 heterocycles. The largest absolute Gasteiger partial charge is 0.480 e. The van der Waals surface area contributed by atoms with E-state index in [-0.39, 0.29) is 16.3 Å². The minimum atomic E-state index is -0.740. The smallest absolute Gasteiger partial charge is 0.316 e. The predicted octanol–water partition coefficient (Wildman–Crippen LogP) is 1.47. The van der Waals surface area contributed by atoms with E-state index in [4.69, 9.17) is 5.11 Å². The lowest BCUT2D eigenvalue weighted by Crippen LogP contribution is -2.18. The third kappa shape index (κ3) is 3.20. The standard InChI is InChI=1S/C9H14O3S2/c1-5(10)7(13)2-6-3-8(9(11)12)14-4-6/h6-8,13H,2-4H2,1H3,(H,11,12). The highest BCUT2D eigenvalue weighted by Crippen LogP contribution is 2.34. The molecule has 0 aromatic carbocycles. The molecule has 80 valence electrons. The third-order valence-electron chi connectivity index (χ3n) is 2.38. The van der Waals surface area contributed by atoms with Gasteiger partial charge >= 0.3 is 5.97 Å². The molecule has 5 heteroatoms. The van der Waals surface area contributed by atoms with E-state index < -0.39 is 5.97 Å². The van der Waals surface area contributed by atoms with Crippen LogP contribution in [0.4, 0.5) is 0 Å². The lowest BCUT2D eigenvalue weighted by Gasteiger charge is -2.11. The highest BCUT2D eigenvalue weighted by atomic mass is 32.2. The van der Waals surface area contributed by atoms with Gasteiger partial charge in [-0.05, 0) is 31.4 Å². The van der Waals surface area contributed by atoms with Gasteiger partial charge in [-0.25, -0.2) is 0 Å². The maximum Gasteiger partial charge on any atom is 0.316 e. The van der Waals surface area contributed by atoms with E-state index in [1.165, 1.54) is 18.7 Å². The summed E-state index contributed by atoms with van der Waals surface area (Å²) in [5.41, 5.74) is 0. The second kappa shape index (κ2) is 5.07. The molecule has 1 saturated heterocycles. The third-order valence-corrected chi connectivity index (χ3v) is 4.42. The lowest BCUT2D eigenvalue weighted by molar-refractivity contribution is -0.136. The minimum absolute atomic E-state index is 0.0668. The molecule has 1 fully saturated rings. The summed E-state index contributed by atoms with van der Waals surface area (Å²) < 4.78 is 0. The van der Waals surface area contributed by atoms with E-state index >= 15 is 0 Å². The van der Waals surface area contributed by atoms with Gasteiger partial charge in [0.1, 0.15) is 11.0 Å². The Labute approximate surface area is 93.0 Å². The molecule has 1 aliphatic heterocycles. The van der Waals surface area contributed by atoms with Crippen molar-refractivity contribution < 1.29 is 14.7 Å². The average molecular weight is 234 g/mol. The normalized spacial score (nSPS) is 28.7. The Morgan fingerprint density at radius 3 is 2.71 bits per heavy atom. The topological polar surface area (TPSA) is 54.4 Å². The number of ketones is 1. The zero-order valence-corrected chi connectivity index (χ0v) is 9.68. The number of carboxylic acid groups (broad SMARTS) is 1. The molecule has 1 rings (SSSR count). The summed E-state index contributed by atoms with van der Waals surface area (Å²) in [6.45, 7) is 1.52. The Bertz CT molecular complexity index is 242. The van der Waals surface area contributed by atoms with Crippen molar-refractivity contribution in [2.75, 3.05) is 5.75 Å². The van der Waals surface area contributed by atoms with Crippen molar-refractivity contribution in [2.24, 2.45) is 5.92 Å². The molecule has 1 aliphatic rings. The first kappa shape index (κ1) is 11.9. The number of thiol groups is 1. The van der Waals surface area contributed by atoms with E-state index in [9.17, 15) is 9.59 Å². The van der Waals surface area contributed by atoms with Crippen molar-refractivity contribution in [1.29, 1.82) is 0 Å². The number of carboxylic acids is 1. The fourth-order valence-corrected chi connectivity index (χ4v) is 3.13. The van der Waals surface area contributed by atoms with Crippen LogP contribution < -0.4 is 0 Å². The van der Waals surface area contributed by atoms with Crippen molar-refractivity contribution >= 4 is 36.1 Å². The number of thioether (sulfide) groups is 1. The molecule has 14 heavy (non-hydrogen) atoms. The Morgan fingerprint density at radius 2 is 2.29 bits per heavy atom. The molecule has 1 N–H and O–H groups in total. The average Bonchev–Trinajstić information content (AvgIpc) is 2.52. The summed E-state index contributed by atoms with van der Waals surface area (Å²) in [5, 5.41) is 8.25. The second-order valence-electron chi connectivity index (χ2n) is 3.62. The van der Waals surface area contributed by atoms with Crippen molar-refractivity contribution in [3.63, 3.8) is 0 Å². The van der Waals surface area contributed by atoms with Gasteiger partial charge in [0, 0.05) is 0 Å². The van der Waals surface area contributed by atoms with Gasteiger partial charge in [0.15, 0.2) is 0 Å². The van der Waals surface area contributed by atoms with Crippen LogP contribution in [0.2, 0.25) is 0 Å². The molecule has 0 aromatic rings. The van der Waals surface area contributed by atoms with Gasteiger partial charge in [-0.15, -0.1) is 11.8 Å².